The molecule has 0 spiro atoms. The van der Waals surface area contributed by atoms with E-state index in [2.05, 4.69) is 37.6 Å². The molecule has 0 aliphatic carbocycles. The zero-order valence-corrected chi connectivity index (χ0v) is 23.2. The molecule has 2 saturated heterocycles. The number of hydrogen-bond acceptors (Lipinski definition) is 9. The largest absolute Gasteiger partial charge is 0.477 e. The van der Waals surface area contributed by atoms with Gasteiger partial charge in [0.25, 0.3) is 0 Å². The fourth-order valence-corrected chi connectivity index (χ4v) is 6.37. The predicted octanol–water partition coefficient (Wildman–Crippen LogP) is 2.66. The zero-order chi connectivity index (χ0) is 29.3. The van der Waals surface area contributed by atoms with Gasteiger partial charge in [-0.1, -0.05) is 0 Å². The minimum atomic E-state index is -1.33. The van der Waals surface area contributed by atoms with Gasteiger partial charge in [0.1, 0.15) is 17.0 Å². The number of aromatic nitrogens is 4. The van der Waals surface area contributed by atoms with Gasteiger partial charge in [0, 0.05) is 68.8 Å². The number of halogens is 1. The van der Waals surface area contributed by atoms with Crippen molar-refractivity contribution in [2.24, 2.45) is 0 Å². The summed E-state index contributed by atoms with van der Waals surface area (Å²) >= 11 is 0. The maximum atomic E-state index is 14.9. The highest BCUT2D eigenvalue weighted by molar-refractivity contribution is 6.18. The molecule has 12 nitrogen and oxygen atoms in total. The van der Waals surface area contributed by atoms with E-state index < -0.39 is 11.4 Å². The van der Waals surface area contributed by atoms with Gasteiger partial charge in [-0.2, -0.15) is 0 Å². The summed E-state index contributed by atoms with van der Waals surface area (Å²) in [6.07, 6.45) is 4.57. The molecule has 216 valence electrons. The van der Waals surface area contributed by atoms with Gasteiger partial charge >= 0.3 is 5.97 Å². The van der Waals surface area contributed by atoms with E-state index in [9.17, 15) is 19.1 Å². The Labute approximate surface area is 238 Å². The van der Waals surface area contributed by atoms with E-state index in [1.165, 1.54) is 23.0 Å². The number of carboxylic acid groups (broad SMARTS) is 1. The maximum Gasteiger partial charge on any atom is 0.341 e. The molecule has 0 bridgehead atoms. The first kappa shape index (κ1) is 26.2. The number of ether oxygens (including phenoxy) is 1. The molecule has 5 aromatic rings. The molecule has 4 N–H and O–H groups in total. The first-order chi connectivity index (χ1) is 20.3. The highest BCUT2D eigenvalue weighted by Crippen LogP contribution is 2.43. The van der Waals surface area contributed by atoms with E-state index in [1.54, 1.807) is 32.6 Å². The normalized spacial score (nSPS) is 19.1. The fraction of sp³-hybridized carbons (Fsp3) is 0.310. The van der Waals surface area contributed by atoms with Gasteiger partial charge in [-0.15, -0.1) is 0 Å². The van der Waals surface area contributed by atoms with Crippen molar-refractivity contribution >= 4 is 50.3 Å². The molecule has 2 aliphatic heterocycles. The highest BCUT2D eigenvalue weighted by atomic mass is 19.1. The van der Waals surface area contributed by atoms with Gasteiger partial charge in [0.2, 0.25) is 5.43 Å². The Balaban J connectivity index is 1.52. The van der Waals surface area contributed by atoms with E-state index in [4.69, 9.17) is 9.72 Å². The fourth-order valence-electron chi connectivity index (χ4n) is 6.37. The van der Waals surface area contributed by atoms with E-state index in [0.29, 0.717) is 53.2 Å². The Kier molecular flexibility index (Phi) is 6.02. The zero-order valence-electron chi connectivity index (χ0n) is 23.2. The number of pyridine rings is 3. The van der Waals surface area contributed by atoms with Gasteiger partial charge in [0.05, 0.1) is 46.4 Å². The van der Waals surface area contributed by atoms with Gasteiger partial charge < -0.3 is 30.5 Å². The SMILES string of the molecule is CNc1cc(F)cc2c1[nH]c1ncc(-c3cnc4c(c3)c(=O)c(C(=O)O)cn4NC)c(N3CC4[C@@H](C3)OCCN4C)c12. The number of aromatic amines is 1. The molecule has 0 amide bonds. The molecule has 42 heavy (non-hydrogen) atoms. The van der Waals surface area contributed by atoms with Gasteiger partial charge in [-0.05, 0) is 25.2 Å². The molecule has 13 heteroatoms. The van der Waals surface area contributed by atoms with E-state index in [-0.39, 0.29) is 28.9 Å². The smallest absolute Gasteiger partial charge is 0.341 e. The van der Waals surface area contributed by atoms with Crippen molar-refractivity contribution < 1.29 is 19.0 Å². The Morgan fingerprint density at radius 3 is 2.74 bits per heavy atom. The molecule has 2 aliphatic rings. The Hall–Kier alpha value is -4.75. The van der Waals surface area contributed by atoms with E-state index >= 15 is 0 Å². The average Bonchev–Trinajstić information content (AvgIpc) is 3.59. The van der Waals surface area contributed by atoms with Crippen LogP contribution in [0.5, 0.6) is 0 Å². The van der Waals surface area contributed by atoms with Gasteiger partial charge in [-0.3, -0.25) is 9.69 Å². The second-order valence-corrected chi connectivity index (χ2v) is 10.7. The van der Waals surface area contributed by atoms with Crippen LogP contribution in [0.4, 0.5) is 15.8 Å². The van der Waals surface area contributed by atoms with Crippen LogP contribution in [0.15, 0.2) is 41.6 Å². The number of nitrogens with zero attached hydrogens (tertiary/aromatic N) is 5. The maximum absolute atomic E-state index is 14.9. The lowest BCUT2D eigenvalue weighted by Crippen LogP contribution is -2.48. The number of rotatable bonds is 5. The van der Waals surface area contributed by atoms with E-state index in [0.717, 1.165) is 23.1 Å². The molecular weight excluding hydrogens is 543 g/mol. The number of benzene rings is 1. The average molecular weight is 573 g/mol. The van der Waals surface area contributed by atoms with Crippen LogP contribution >= 0.6 is 0 Å². The highest BCUT2D eigenvalue weighted by Gasteiger charge is 2.40. The third-order valence-corrected chi connectivity index (χ3v) is 8.46. The molecule has 7 rings (SSSR count). The third kappa shape index (κ3) is 3.88. The molecular formula is C29H29FN8O4. The molecule has 4 aromatic heterocycles. The van der Waals surface area contributed by atoms with Crippen LogP contribution in [0.2, 0.25) is 0 Å². The first-order valence-electron chi connectivity index (χ1n) is 13.6. The Morgan fingerprint density at radius 1 is 1.17 bits per heavy atom. The molecule has 0 radical (unpaired) electrons. The number of morpholine rings is 1. The summed E-state index contributed by atoms with van der Waals surface area (Å²) in [5.74, 6) is -1.71. The van der Waals surface area contributed by atoms with Crippen LogP contribution in [-0.2, 0) is 4.74 Å². The number of carboxylic acids is 1. The minimum Gasteiger partial charge on any atom is -0.477 e. The van der Waals surface area contributed by atoms with Crippen molar-refractivity contribution in [1.29, 1.82) is 0 Å². The second-order valence-electron chi connectivity index (χ2n) is 10.7. The lowest BCUT2D eigenvalue weighted by atomic mass is 10.0. The van der Waals surface area contributed by atoms with Crippen LogP contribution in [0.1, 0.15) is 10.4 Å². The first-order valence-corrected chi connectivity index (χ1v) is 13.6. The molecule has 6 heterocycles. The summed E-state index contributed by atoms with van der Waals surface area (Å²) in [5, 5.41) is 14.3. The van der Waals surface area contributed by atoms with Crippen molar-refractivity contribution in [2.45, 2.75) is 12.1 Å². The quantitative estimate of drug-likeness (QED) is 0.248. The summed E-state index contributed by atoms with van der Waals surface area (Å²) in [6, 6.07) is 4.75. The molecule has 2 fully saturated rings. The second kappa shape index (κ2) is 9.67. The van der Waals surface area contributed by atoms with Crippen LogP contribution in [0.25, 0.3) is 44.1 Å². The summed E-state index contributed by atoms with van der Waals surface area (Å²) in [6.45, 7) is 2.76. The van der Waals surface area contributed by atoms with Crippen LogP contribution in [0.3, 0.4) is 0 Å². The number of likely N-dealkylation sites (N-methyl/N-ethyl adjacent to an activating group) is 1. The minimum absolute atomic E-state index is 0.00897. The Bertz CT molecular complexity index is 1970. The molecule has 0 saturated carbocycles. The predicted molar refractivity (Wildman–Crippen MR) is 159 cm³/mol. The molecule has 2 atom stereocenters. The van der Waals surface area contributed by atoms with Crippen LogP contribution in [0, 0.1) is 5.82 Å². The number of anilines is 2. The number of H-pyrrole nitrogens is 1. The van der Waals surface area contributed by atoms with Crippen molar-refractivity contribution in [2.75, 3.05) is 63.0 Å². The number of fused-ring (bicyclic) bond motifs is 5. The van der Waals surface area contributed by atoms with Crippen molar-refractivity contribution in [3.8, 4) is 11.1 Å². The number of carbonyl (C=O) groups is 1. The molecule has 1 aromatic carbocycles. The topological polar surface area (TPSA) is 141 Å². The number of nitrogens with one attached hydrogen (secondary N) is 3. The number of hydrogen-bond donors (Lipinski definition) is 4. The standard InChI is InChI=1S/C29H29FN8O4/c1-31-20-8-15(30)7-16-23-25(37-12-21-22(13-37)42-5-4-36(21)3)18(10-33-27(23)35-24(16)20)14-6-17-26(39)19(29(40)41)11-38(32-2)28(17)34-9-14/h6-11,21-22,31-32H,4-5,12-13H2,1-3H3,(H,33,35)(H,40,41)/t21?,22-/m1/s1. The van der Waals surface area contributed by atoms with Gasteiger partial charge in [-0.25, -0.2) is 23.8 Å². The number of aromatic carboxylic acids is 1. The Morgan fingerprint density at radius 2 is 2.00 bits per heavy atom. The van der Waals surface area contributed by atoms with E-state index in [1.807, 2.05) is 0 Å². The summed E-state index contributed by atoms with van der Waals surface area (Å²) in [4.78, 5) is 42.3. The summed E-state index contributed by atoms with van der Waals surface area (Å²) in [5.41, 5.74) is 6.15. The van der Waals surface area contributed by atoms with Crippen LogP contribution in [-0.4, -0.2) is 95.1 Å². The van der Waals surface area contributed by atoms with Crippen molar-refractivity contribution in [3.05, 3.63) is 58.4 Å². The van der Waals surface area contributed by atoms with Crippen molar-refractivity contribution in [3.63, 3.8) is 0 Å². The van der Waals surface area contributed by atoms with Gasteiger partial charge in [0.15, 0.2) is 5.65 Å². The lowest BCUT2D eigenvalue weighted by Gasteiger charge is -2.33. The van der Waals surface area contributed by atoms with Crippen molar-refractivity contribution in [1.82, 2.24) is 24.5 Å². The third-order valence-electron chi connectivity index (χ3n) is 8.46. The summed E-state index contributed by atoms with van der Waals surface area (Å²) in [7, 11) is 5.44. The summed E-state index contributed by atoms with van der Waals surface area (Å²) < 4.78 is 22.4. The monoisotopic (exact) mass is 572 g/mol. The molecule has 1 unspecified atom stereocenters. The van der Waals surface area contributed by atoms with Crippen LogP contribution < -0.4 is 21.1 Å². The lowest BCUT2D eigenvalue weighted by molar-refractivity contribution is -0.0362.